The standard InChI is InChI=1S/C11H11NS2/c1-8(13)7-11-12(2)9-5-3-4-6-10(9)14-11/h3-7H,1-2H3/b11-7-. The van der Waals surface area contributed by atoms with Gasteiger partial charge in [-0.15, -0.1) is 0 Å². The molecule has 0 radical (unpaired) electrons. The fourth-order valence-corrected chi connectivity index (χ4v) is 2.76. The van der Waals surface area contributed by atoms with Crippen molar-refractivity contribution in [1.29, 1.82) is 0 Å². The van der Waals surface area contributed by atoms with Crippen molar-refractivity contribution in [3.63, 3.8) is 0 Å². The summed E-state index contributed by atoms with van der Waals surface area (Å²) in [7, 11) is 2.07. The summed E-state index contributed by atoms with van der Waals surface area (Å²) in [6.45, 7) is 1.94. The Kier molecular flexibility index (Phi) is 2.61. The number of hydrogen-bond donors (Lipinski definition) is 0. The molecule has 2 rings (SSSR count). The summed E-state index contributed by atoms with van der Waals surface area (Å²) < 4.78 is 0. The van der Waals surface area contributed by atoms with Crippen LogP contribution in [0.15, 0.2) is 40.3 Å². The van der Waals surface area contributed by atoms with Crippen molar-refractivity contribution in [3.8, 4) is 0 Å². The number of nitrogens with zero attached hydrogens (tertiary/aromatic N) is 1. The molecule has 1 nitrogen and oxygen atoms in total. The summed E-state index contributed by atoms with van der Waals surface area (Å²) in [4.78, 5) is 4.40. The summed E-state index contributed by atoms with van der Waals surface area (Å²) in [6.07, 6.45) is 2.04. The van der Waals surface area contributed by atoms with E-state index in [-0.39, 0.29) is 0 Å². The van der Waals surface area contributed by atoms with Crippen LogP contribution in [0.3, 0.4) is 0 Å². The third kappa shape index (κ3) is 1.70. The van der Waals surface area contributed by atoms with Gasteiger partial charge in [0.05, 0.1) is 10.7 Å². The molecule has 0 saturated carbocycles. The smallest absolute Gasteiger partial charge is 0.0809 e. The maximum Gasteiger partial charge on any atom is 0.0809 e. The molecule has 0 unspecified atom stereocenters. The third-order valence-corrected chi connectivity index (χ3v) is 3.38. The lowest BCUT2D eigenvalue weighted by atomic mass is 10.3. The number of hydrogen-bond acceptors (Lipinski definition) is 3. The van der Waals surface area contributed by atoms with E-state index >= 15 is 0 Å². The van der Waals surface area contributed by atoms with Gasteiger partial charge < -0.3 is 4.90 Å². The predicted octanol–water partition coefficient (Wildman–Crippen LogP) is 3.46. The summed E-state index contributed by atoms with van der Waals surface area (Å²) in [5, 5.41) is 1.21. The molecule has 0 bridgehead atoms. The Hall–Kier alpha value is -0.800. The number of allylic oxidation sites excluding steroid dienone is 1. The van der Waals surface area contributed by atoms with Crippen LogP contribution in [-0.4, -0.2) is 11.9 Å². The monoisotopic (exact) mass is 221 g/mol. The Balaban J connectivity index is 2.39. The number of thioether (sulfide) groups is 1. The number of rotatable bonds is 1. The van der Waals surface area contributed by atoms with Crippen LogP contribution in [0, 0.1) is 0 Å². The highest BCUT2D eigenvalue weighted by Gasteiger charge is 2.20. The molecule has 72 valence electrons. The molecule has 1 heterocycles. The molecule has 1 aliphatic rings. The minimum Gasteiger partial charge on any atom is -0.338 e. The molecule has 0 amide bonds. The second kappa shape index (κ2) is 3.75. The van der Waals surface area contributed by atoms with Gasteiger partial charge in [0, 0.05) is 16.8 Å². The first-order valence-electron chi connectivity index (χ1n) is 4.41. The minimum atomic E-state index is 0.923. The lowest BCUT2D eigenvalue weighted by molar-refractivity contribution is 1.18. The highest BCUT2D eigenvalue weighted by molar-refractivity contribution is 8.03. The van der Waals surface area contributed by atoms with Crippen molar-refractivity contribution in [2.75, 3.05) is 11.9 Å². The van der Waals surface area contributed by atoms with Crippen LogP contribution >= 0.6 is 24.0 Å². The SMILES string of the molecule is CC(=S)/C=C1\Sc2ccccc2N1C. The Labute approximate surface area is 93.8 Å². The molecule has 0 saturated heterocycles. The molecule has 0 aromatic heterocycles. The van der Waals surface area contributed by atoms with Gasteiger partial charge in [0.15, 0.2) is 0 Å². The minimum absolute atomic E-state index is 0.923. The summed E-state index contributed by atoms with van der Waals surface area (Å²) in [5.74, 6) is 0. The van der Waals surface area contributed by atoms with E-state index in [0.29, 0.717) is 0 Å². The lowest BCUT2D eigenvalue weighted by Gasteiger charge is -2.12. The first-order valence-corrected chi connectivity index (χ1v) is 5.64. The first-order chi connectivity index (χ1) is 6.68. The Bertz CT molecular complexity index is 410. The van der Waals surface area contributed by atoms with Gasteiger partial charge in [0.1, 0.15) is 0 Å². The van der Waals surface area contributed by atoms with E-state index in [0.717, 1.165) is 4.86 Å². The van der Waals surface area contributed by atoms with Crippen molar-refractivity contribution in [1.82, 2.24) is 0 Å². The topological polar surface area (TPSA) is 3.24 Å². The number of anilines is 1. The van der Waals surface area contributed by atoms with Gasteiger partial charge in [0.25, 0.3) is 0 Å². The number of benzene rings is 1. The van der Waals surface area contributed by atoms with Crippen molar-refractivity contribution in [2.24, 2.45) is 0 Å². The average molecular weight is 221 g/mol. The number of para-hydroxylation sites is 1. The molecule has 1 aromatic carbocycles. The zero-order valence-electron chi connectivity index (χ0n) is 8.15. The van der Waals surface area contributed by atoms with Crippen molar-refractivity contribution in [2.45, 2.75) is 11.8 Å². The normalized spacial score (nSPS) is 17.3. The van der Waals surface area contributed by atoms with Crippen LogP contribution in [0.4, 0.5) is 5.69 Å². The zero-order chi connectivity index (χ0) is 10.1. The highest BCUT2D eigenvalue weighted by atomic mass is 32.2. The van der Waals surface area contributed by atoms with Crippen LogP contribution in [0.2, 0.25) is 0 Å². The van der Waals surface area contributed by atoms with Crippen LogP contribution in [0.1, 0.15) is 6.92 Å². The van der Waals surface area contributed by atoms with Crippen LogP contribution < -0.4 is 4.90 Å². The van der Waals surface area contributed by atoms with Crippen molar-refractivity contribution < 1.29 is 0 Å². The summed E-state index contributed by atoms with van der Waals surface area (Å²) >= 11 is 6.85. The summed E-state index contributed by atoms with van der Waals surface area (Å²) in [6, 6.07) is 8.38. The maximum atomic E-state index is 5.08. The summed E-state index contributed by atoms with van der Waals surface area (Å²) in [5.41, 5.74) is 1.26. The third-order valence-electron chi connectivity index (χ3n) is 2.10. The first kappa shape index (κ1) is 9.74. The van der Waals surface area contributed by atoms with E-state index in [1.165, 1.54) is 15.6 Å². The predicted molar refractivity (Wildman–Crippen MR) is 67.1 cm³/mol. The molecule has 3 heteroatoms. The van der Waals surface area contributed by atoms with E-state index in [9.17, 15) is 0 Å². The molecular weight excluding hydrogens is 210 g/mol. The Morgan fingerprint density at radius 2 is 2.14 bits per heavy atom. The van der Waals surface area contributed by atoms with Crippen LogP contribution in [-0.2, 0) is 0 Å². The molecule has 1 aliphatic heterocycles. The molecule has 0 fully saturated rings. The second-order valence-electron chi connectivity index (χ2n) is 3.22. The van der Waals surface area contributed by atoms with Gasteiger partial charge in [-0.3, -0.25) is 0 Å². The zero-order valence-corrected chi connectivity index (χ0v) is 9.78. The van der Waals surface area contributed by atoms with Gasteiger partial charge >= 0.3 is 0 Å². The van der Waals surface area contributed by atoms with E-state index < -0.39 is 0 Å². The fourth-order valence-electron chi connectivity index (χ4n) is 1.42. The molecule has 0 spiro atoms. The molecule has 0 atom stereocenters. The molecule has 0 aliphatic carbocycles. The van der Waals surface area contributed by atoms with E-state index in [1.54, 1.807) is 11.8 Å². The quantitative estimate of drug-likeness (QED) is 0.528. The van der Waals surface area contributed by atoms with Gasteiger partial charge in [-0.2, -0.15) is 0 Å². The van der Waals surface area contributed by atoms with E-state index in [4.69, 9.17) is 12.2 Å². The van der Waals surface area contributed by atoms with Crippen molar-refractivity contribution in [3.05, 3.63) is 35.4 Å². The lowest BCUT2D eigenvalue weighted by Crippen LogP contribution is -2.10. The Morgan fingerprint density at radius 1 is 1.43 bits per heavy atom. The van der Waals surface area contributed by atoms with Crippen LogP contribution in [0.5, 0.6) is 0 Å². The van der Waals surface area contributed by atoms with E-state index in [2.05, 4.69) is 36.2 Å². The fraction of sp³-hybridized carbons (Fsp3) is 0.182. The molecule has 0 N–H and O–H groups in total. The molecule has 14 heavy (non-hydrogen) atoms. The van der Waals surface area contributed by atoms with Gasteiger partial charge in [-0.25, -0.2) is 0 Å². The van der Waals surface area contributed by atoms with Gasteiger partial charge in [-0.1, -0.05) is 36.1 Å². The van der Waals surface area contributed by atoms with Gasteiger partial charge in [0.2, 0.25) is 0 Å². The van der Waals surface area contributed by atoms with Gasteiger partial charge in [-0.05, 0) is 25.1 Å². The van der Waals surface area contributed by atoms with Crippen molar-refractivity contribution >= 4 is 34.5 Å². The van der Waals surface area contributed by atoms with Crippen LogP contribution in [0.25, 0.3) is 0 Å². The largest absolute Gasteiger partial charge is 0.338 e. The Morgan fingerprint density at radius 3 is 2.79 bits per heavy atom. The molecular formula is C11H11NS2. The average Bonchev–Trinajstić information content (AvgIpc) is 2.44. The maximum absolute atomic E-state index is 5.08. The second-order valence-corrected chi connectivity index (χ2v) is 4.93. The highest BCUT2D eigenvalue weighted by Crippen LogP contribution is 2.44. The molecule has 1 aromatic rings. The number of thiocarbonyl (C=S) groups is 1. The van der Waals surface area contributed by atoms with E-state index in [1.807, 2.05) is 13.0 Å². The number of fused-ring (bicyclic) bond motifs is 1.